The maximum atomic E-state index is 10.0. The molecule has 1 rings (SSSR count). The van der Waals surface area contributed by atoms with Gasteiger partial charge in [-0.25, -0.2) is 0 Å². The molecule has 0 amide bonds. The van der Waals surface area contributed by atoms with Crippen LogP contribution in [0.15, 0.2) is 0 Å². The van der Waals surface area contributed by atoms with Crippen LogP contribution in [0.2, 0.25) is 0 Å². The van der Waals surface area contributed by atoms with Gasteiger partial charge < -0.3 is 9.84 Å². The molecule has 1 aliphatic rings. The monoisotopic (exact) mass is 229 g/mol. The second kappa shape index (κ2) is 8.04. The summed E-state index contributed by atoms with van der Waals surface area (Å²) in [6.45, 7) is 5.61. The number of methoxy groups -OCH3 is 1. The number of aliphatic hydroxyl groups excluding tert-OH is 1. The lowest BCUT2D eigenvalue weighted by Gasteiger charge is -2.24. The Hall–Kier alpha value is -0.120. The third kappa shape index (κ3) is 5.28. The molecule has 1 atom stereocenters. The minimum Gasteiger partial charge on any atom is -0.392 e. The highest BCUT2D eigenvalue weighted by Gasteiger charge is 2.19. The molecule has 3 heteroatoms. The van der Waals surface area contributed by atoms with Crippen molar-refractivity contribution in [3.05, 3.63) is 0 Å². The fourth-order valence-electron chi connectivity index (χ4n) is 2.60. The number of likely N-dealkylation sites (N-methyl/N-ethyl adjacent to an activating group) is 1. The fraction of sp³-hybridized carbons (Fsp3) is 1.00. The van der Waals surface area contributed by atoms with Crippen LogP contribution in [0, 0.1) is 5.92 Å². The highest BCUT2D eigenvalue weighted by Crippen LogP contribution is 2.28. The Labute approximate surface area is 99.8 Å². The van der Waals surface area contributed by atoms with Crippen molar-refractivity contribution in [2.45, 2.75) is 45.1 Å². The van der Waals surface area contributed by atoms with Gasteiger partial charge in [0.1, 0.15) is 0 Å². The highest BCUT2D eigenvalue weighted by molar-refractivity contribution is 4.73. The lowest BCUT2D eigenvalue weighted by molar-refractivity contribution is 0.0770. The fourth-order valence-corrected chi connectivity index (χ4v) is 2.60. The summed E-state index contributed by atoms with van der Waals surface area (Å²) in [6, 6.07) is 0. The zero-order valence-electron chi connectivity index (χ0n) is 10.8. The molecule has 0 radical (unpaired) electrons. The molecule has 0 aromatic heterocycles. The van der Waals surface area contributed by atoms with Crippen LogP contribution in [0.5, 0.6) is 0 Å². The first-order valence-electron chi connectivity index (χ1n) is 6.65. The number of hydrogen-bond donors (Lipinski definition) is 1. The Morgan fingerprint density at radius 3 is 2.62 bits per heavy atom. The van der Waals surface area contributed by atoms with Crippen LogP contribution in [-0.4, -0.2) is 49.5 Å². The van der Waals surface area contributed by atoms with E-state index in [0.29, 0.717) is 0 Å². The van der Waals surface area contributed by atoms with Crippen LogP contribution in [0.1, 0.15) is 39.0 Å². The van der Waals surface area contributed by atoms with E-state index in [9.17, 15) is 5.11 Å². The van der Waals surface area contributed by atoms with Gasteiger partial charge in [-0.1, -0.05) is 32.6 Å². The Morgan fingerprint density at radius 1 is 1.38 bits per heavy atom. The maximum Gasteiger partial charge on any atom is 0.0669 e. The van der Waals surface area contributed by atoms with E-state index in [0.717, 1.165) is 38.6 Å². The molecule has 0 spiro atoms. The van der Waals surface area contributed by atoms with Gasteiger partial charge in [-0.3, -0.25) is 4.90 Å². The molecule has 1 aliphatic carbocycles. The van der Waals surface area contributed by atoms with Crippen molar-refractivity contribution in [3.8, 4) is 0 Å². The van der Waals surface area contributed by atoms with Gasteiger partial charge in [-0.15, -0.1) is 0 Å². The molecule has 0 aromatic rings. The predicted octanol–water partition coefficient (Wildman–Crippen LogP) is 1.90. The lowest BCUT2D eigenvalue weighted by atomic mass is 10.00. The summed E-state index contributed by atoms with van der Waals surface area (Å²) in [5, 5.41) is 10.0. The molecule has 0 aliphatic heterocycles. The van der Waals surface area contributed by atoms with Crippen molar-refractivity contribution >= 4 is 0 Å². The van der Waals surface area contributed by atoms with Crippen LogP contribution >= 0.6 is 0 Å². The zero-order valence-corrected chi connectivity index (χ0v) is 10.8. The van der Waals surface area contributed by atoms with Gasteiger partial charge in [0.2, 0.25) is 0 Å². The number of ether oxygens (including phenoxy) is 1. The van der Waals surface area contributed by atoms with Crippen molar-refractivity contribution in [2.24, 2.45) is 5.92 Å². The van der Waals surface area contributed by atoms with E-state index in [1.807, 2.05) is 0 Å². The van der Waals surface area contributed by atoms with E-state index >= 15 is 0 Å². The standard InChI is InChI=1S/C13H27NO2/c1-3-14(8-9-16-2)11-13(15)10-12-6-4-5-7-12/h12-13,15H,3-11H2,1-2H3. The van der Waals surface area contributed by atoms with Gasteiger partial charge in [0.15, 0.2) is 0 Å². The lowest BCUT2D eigenvalue weighted by Crippen LogP contribution is -2.35. The molecule has 0 heterocycles. The average molecular weight is 229 g/mol. The van der Waals surface area contributed by atoms with Gasteiger partial charge >= 0.3 is 0 Å². The first-order chi connectivity index (χ1) is 7.76. The van der Waals surface area contributed by atoms with Crippen molar-refractivity contribution < 1.29 is 9.84 Å². The third-order valence-electron chi connectivity index (χ3n) is 3.61. The SMILES string of the molecule is CCN(CCOC)CC(O)CC1CCCC1. The van der Waals surface area contributed by atoms with Crippen molar-refractivity contribution in [1.29, 1.82) is 0 Å². The molecule has 0 saturated heterocycles. The number of rotatable bonds is 8. The normalized spacial score (nSPS) is 19.5. The van der Waals surface area contributed by atoms with E-state index in [1.54, 1.807) is 7.11 Å². The summed E-state index contributed by atoms with van der Waals surface area (Å²) >= 11 is 0. The van der Waals surface area contributed by atoms with Crippen LogP contribution in [-0.2, 0) is 4.74 Å². The molecular formula is C13H27NO2. The molecule has 96 valence electrons. The molecule has 1 unspecified atom stereocenters. The summed E-state index contributed by atoms with van der Waals surface area (Å²) in [5.74, 6) is 0.774. The zero-order chi connectivity index (χ0) is 11.8. The largest absolute Gasteiger partial charge is 0.392 e. The summed E-state index contributed by atoms with van der Waals surface area (Å²) in [4.78, 5) is 2.27. The van der Waals surface area contributed by atoms with Gasteiger partial charge in [0.25, 0.3) is 0 Å². The second-order valence-corrected chi connectivity index (χ2v) is 4.93. The second-order valence-electron chi connectivity index (χ2n) is 4.93. The Balaban J connectivity index is 2.16. The maximum absolute atomic E-state index is 10.0. The van der Waals surface area contributed by atoms with Crippen LogP contribution in [0.25, 0.3) is 0 Å². The smallest absolute Gasteiger partial charge is 0.0669 e. The average Bonchev–Trinajstić information content (AvgIpc) is 2.76. The van der Waals surface area contributed by atoms with Crippen LogP contribution < -0.4 is 0 Å². The van der Waals surface area contributed by atoms with E-state index in [1.165, 1.54) is 25.7 Å². The van der Waals surface area contributed by atoms with Gasteiger partial charge in [-0.05, 0) is 18.9 Å². The predicted molar refractivity (Wildman–Crippen MR) is 66.6 cm³/mol. The Bertz CT molecular complexity index is 169. The molecule has 16 heavy (non-hydrogen) atoms. The van der Waals surface area contributed by atoms with Gasteiger partial charge in [-0.2, -0.15) is 0 Å². The van der Waals surface area contributed by atoms with Crippen molar-refractivity contribution in [3.63, 3.8) is 0 Å². The third-order valence-corrected chi connectivity index (χ3v) is 3.61. The topological polar surface area (TPSA) is 32.7 Å². The summed E-state index contributed by atoms with van der Waals surface area (Å²) in [6.07, 6.45) is 6.20. The summed E-state index contributed by atoms with van der Waals surface area (Å²) < 4.78 is 5.07. The number of hydrogen-bond acceptors (Lipinski definition) is 3. The molecule has 0 bridgehead atoms. The van der Waals surface area contributed by atoms with Gasteiger partial charge in [0.05, 0.1) is 12.7 Å². The van der Waals surface area contributed by atoms with Crippen LogP contribution in [0.4, 0.5) is 0 Å². The highest BCUT2D eigenvalue weighted by atomic mass is 16.5. The van der Waals surface area contributed by atoms with Crippen molar-refractivity contribution in [1.82, 2.24) is 4.90 Å². The van der Waals surface area contributed by atoms with Crippen molar-refractivity contribution in [2.75, 3.05) is 33.4 Å². The molecule has 1 fully saturated rings. The minimum absolute atomic E-state index is 0.153. The summed E-state index contributed by atoms with van der Waals surface area (Å²) in [7, 11) is 1.72. The van der Waals surface area contributed by atoms with E-state index in [2.05, 4.69) is 11.8 Å². The van der Waals surface area contributed by atoms with E-state index < -0.39 is 0 Å². The molecule has 1 N–H and O–H groups in total. The quantitative estimate of drug-likeness (QED) is 0.690. The molecule has 3 nitrogen and oxygen atoms in total. The number of aliphatic hydroxyl groups is 1. The van der Waals surface area contributed by atoms with Crippen LogP contribution in [0.3, 0.4) is 0 Å². The van der Waals surface area contributed by atoms with Gasteiger partial charge in [0, 0.05) is 20.2 Å². The molecule has 1 saturated carbocycles. The first kappa shape index (κ1) is 13.9. The van der Waals surface area contributed by atoms with E-state index in [-0.39, 0.29) is 6.10 Å². The van der Waals surface area contributed by atoms with E-state index in [4.69, 9.17) is 4.74 Å². The molecule has 0 aromatic carbocycles. The number of nitrogens with zero attached hydrogens (tertiary/aromatic N) is 1. The summed E-state index contributed by atoms with van der Waals surface area (Å²) in [5.41, 5.74) is 0. The first-order valence-corrected chi connectivity index (χ1v) is 6.65. The minimum atomic E-state index is -0.153. The Kier molecular flexibility index (Phi) is 7.01. The Morgan fingerprint density at radius 2 is 2.06 bits per heavy atom. The molecular weight excluding hydrogens is 202 g/mol.